The Labute approximate surface area is 93.0 Å². The van der Waals surface area contributed by atoms with E-state index in [0.29, 0.717) is 22.6 Å². The van der Waals surface area contributed by atoms with Crippen molar-refractivity contribution in [3.63, 3.8) is 0 Å². The van der Waals surface area contributed by atoms with E-state index in [1.807, 2.05) is 6.07 Å². The van der Waals surface area contributed by atoms with Crippen molar-refractivity contribution in [1.29, 1.82) is 0 Å². The zero-order valence-electron chi connectivity index (χ0n) is 9.11. The van der Waals surface area contributed by atoms with Crippen LogP contribution in [0.4, 0.5) is 0 Å². The molecule has 0 unspecified atom stereocenters. The van der Waals surface area contributed by atoms with Crippen LogP contribution < -0.4 is 0 Å². The van der Waals surface area contributed by atoms with Gasteiger partial charge in [0.15, 0.2) is 11.5 Å². The number of H-pyrrole nitrogens is 1. The highest BCUT2D eigenvalue weighted by molar-refractivity contribution is 6.00. The van der Waals surface area contributed by atoms with Gasteiger partial charge in [0, 0.05) is 11.9 Å². The van der Waals surface area contributed by atoms with Crippen LogP contribution >= 0.6 is 0 Å². The number of aromatic hydroxyl groups is 1. The van der Waals surface area contributed by atoms with Gasteiger partial charge in [0.1, 0.15) is 5.69 Å². The molecule has 4 heteroatoms. The SMILES string of the molecule is CC(=O)c1c(C)[nH]c(-c2ccccn2)c1O. The number of carbonyl (C=O) groups excluding carboxylic acids is 1. The molecule has 4 nitrogen and oxygen atoms in total. The van der Waals surface area contributed by atoms with Crippen molar-refractivity contribution in [2.75, 3.05) is 0 Å². The van der Waals surface area contributed by atoms with Crippen molar-refractivity contribution in [2.45, 2.75) is 13.8 Å². The van der Waals surface area contributed by atoms with E-state index in [1.54, 1.807) is 25.3 Å². The fourth-order valence-electron chi connectivity index (χ4n) is 1.74. The molecule has 0 spiro atoms. The summed E-state index contributed by atoms with van der Waals surface area (Å²) in [5.74, 6) is -0.183. The van der Waals surface area contributed by atoms with E-state index in [9.17, 15) is 9.90 Å². The summed E-state index contributed by atoms with van der Waals surface area (Å²) in [6.07, 6.45) is 1.64. The Hall–Kier alpha value is -2.10. The summed E-state index contributed by atoms with van der Waals surface area (Å²) in [6, 6.07) is 5.39. The van der Waals surface area contributed by atoms with Gasteiger partial charge in [-0.15, -0.1) is 0 Å². The van der Waals surface area contributed by atoms with Gasteiger partial charge in [0.05, 0.1) is 11.3 Å². The molecule has 0 amide bonds. The third kappa shape index (κ3) is 1.58. The molecule has 2 rings (SSSR count). The average Bonchev–Trinajstić information content (AvgIpc) is 2.55. The molecule has 0 saturated heterocycles. The third-order valence-corrected chi connectivity index (χ3v) is 2.43. The Morgan fingerprint density at radius 2 is 2.19 bits per heavy atom. The number of aromatic amines is 1. The summed E-state index contributed by atoms with van der Waals surface area (Å²) in [5, 5.41) is 9.94. The summed E-state index contributed by atoms with van der Waals surface area (Å²) < 4.78 is 0. The second kappa shape index (κ2) is 3.81. The highest BCUT2D eigenvalue weighted by atomic mass is 16.3. The summed E-state index contributed by atoms with van der Waals surface area (Å²) in [5.41, 5.74) is 2.10. The number of aryl methyl sites for hydroxylation is 1. The molecule has 0 aliphatic heterocycles. The van der Waals surface area contributed by atoms with Crippen LogP contribution in [0.25, 0.3) is 11.4 Å². The van der Waals surface area contributed by atoms with E-state index in [-0.39, 0.29) is 11.5 Å². The number of hydrogen-bond donors (Lipinski definition) is 2. The van der Waals surface area contributed by atoms with Gasteiger partial charge in [-0.2, -0.15) is 0 Å². The Bertz CT molecular complexity index is 529. The van der Waals surface area contributed by atoms with Gasteiger partial charge in [0.2, 0.25) is 0 Å². The number of carbonyl (C=O) groups is 1. The summed E-state index contributed by atoms with van der Waals surface area (Å²) in [7, 11) is 0. The van der Waals surface area contributed by atoms with Crippen LogP contribution in [0.2, 0.25) is 0 Å². The first kappa shape index (κ1) is 10.4. The van der Waals surface area contributed by atoms with Crippen molar-refractivity contribution in [2.24, 2.45) is 0 Å². The molecule has 0 aliphatic carbocycles. The van der Waals surface area contributed by atoms with Crippen LogP contribution in [0.1, 0.15) is 23.0 Å². The predicted octanol–water partition coefficient (Wildman–Crippen LogP) is 2.29. The molecule has 0 saturated carbocycles. The number of pyridine rings is 1. The molecule has 16 heavy (non-hydrogen) atoms. The maximum atomic E-state index is 11.3. The number of nitrogens with zero attached hydrogens (tertiary/aromatic N) is 1. The van der Waals surface area contributed by atoms with Crippen LogP contribution in [0.3, 0.4) is 0 Å². The van der Waals surface area contributed by atoms with Crippen LogP contribution in [0.15, 0.2) is 24.4 Å². The van der Waals surface area contributed by atoms with Crippen LogP contribution in [0.5, 0.6) is 5.75 Å². The lowest BCUT2D eigenvalue weighted by molar-refractivity contribution is 0.101. The van der Waals surface area contributed by atoms with E-state index in [1.165, 1.54) is 6.92 Å². The molecule has 0 fully saturated rings. The summed E-state index contributed by atoms with van der Waals surface area (Å²) in [6.45, 7) is 3.18. The predicted molar refractivity (Wildman–Crippen MR) is 60.4 cm³/mol. The van der Waals surface area contributed by atoms with Gasteiger partial charge in [0.25, 0.3) is 0 Å². The first-order chi connectivity index (χ1) is 7.61. The topological polar surface area (TPSA) is 66.0 Å². The second-order valence-electron chi connectivity index (χ2n) is 3.62. The van der Waals surface area contributed by atoms with Crippen LogP contribution in [-0.4, -0.2) is 20.9 Å². The molecular formula is C12H12N2O2. The Balaban J connectivity index is 2.61. The maximum absolute atomic E-state index is 11.3. The summed E-state index contributed by atoms with van der Waals surface area (Å²) >= 11 is 0. The Morgan fingerprint density at radius 3 is 2.69 bits per heavy atom. The number of Topliss-reactive ketones (excluding diaryl/α,β-unsaturated/α-hetero) is 1. The maximum Gasteiger partial charge on any atom is 0.165 e. The van der Waals surface area contributed by atoms with Crippen LogP contribution in [0, 0.1) is 6.92 Å². The number of nitrogens with one attached hydrogen (secondary N) is 1. The monoisotopic (exact) mass is 216 g/mol. The van der Waals surface area contributed by atoms with Gasteiger partial charge in [-0.3, -0.25) is 9.78 Å². The first-order valence-electron chi connectivity index (χ1n) is 4.95. The van der Waals surface area contributed by atoms with Crippen molar-refractivity contribution in [3.8, 4) is 17.1 Å². The van der Waals surface area contributed by atoms with Gasteiger partial charge < -0.3 is 10.1 Å². The van der Waals surface area contributed by atoms with Crippen molar-refractivity contribution in [3.05, 3.63) is 35.7 Å². The van der Waals surface area contributed by atoms with Crippen molar-refractivity contribution < 1.29 is 9.90 Å². The smallest absolute Gasteiger partial charge is 0.165 e. The van der Waals surface area contributed by atoms with Crippen molar-refractivity contribution in [1.82, 2.24) is 9.97 Å². The molecule has 82 valence electrons. The van der Waals surface area contributed by atoms with E-state index in [4.69, 9.17) is 0 Å². The molecule has 0 bridgehead atoms. The molecule has 0 radical (unpaired) electrons. The van der Waals surface area contributed by atoms with Crippen molar-refractivity contribution >= 4 is 5.78 Å². The number of aromatic nitrogens is 2. The normalized spacial score (nSPS) is 10.4. The third-order valence-electron chi connectivity index (χ3n) is 2.43. The minimum atomic E-state index is -0.159. The molecule has 0 aromatic carbocycles. The Kier molecular flexibility index (Phi) is 2.48. The molecule has 0 aliphatic rings. The van der Waals surface area contributed by atoms with E-state index < -0.39 is 0 Å². The average molecular weight is 216 g/mol. The van der Waals surface area contributed by atoms with Gasteiger partial charge in [-0.05, 0) is 26.0 Å². The zero-order valence-corrected chi connectivity index (χ0v) is 9.11. The highest BCUT2D eigenvalue weighted by Gasteiger charge is 2.19. The lowest BCUT2D eigenvalue weighted by atomic mass is 10.1. The van der Waals surface area contributed by atoms with E-state index >= 15 is 0 Å². The molecule has 2 aromatic heterocycles. The number of hydrogen-bond acceptors (Lipinski definition) is 3. The minimum Gasteiger partial charge on any atom is -0.505 e. The molecule has 2 aromatic rings. The first-order valence-corrected chi connectivity index (χ1v) is 4.95. The quantitative estimate of drug-likeness (QED) is 0.757. The Morgan fingerprint density at radius 1 is 1.44 bits per heavy atom. The molecule has 0 atom stereocenters. The summed E-state index contributed by atoms with van der Waals surface area (Å²) in [4.78, 5) is 18.4. The standard InChI is InChI=1S/C12H12N2O2/c1-7-10(8(2)15)12(16)11(14-7)9-5-3-4-6-13-9/h3-6,14,16H,1-2H3. The number of rotatable bonds is 2. The number of ketones is 1. The largest absolute Gasteiger partial charge is 0.505 e. The van der Waals surface area contributed by atoms with E-state index in [2.05, 4.69) is 9.97 Å². The fourth-order valence-corrected chi connectivity index (χ4v) is 1.74. The lowest BCUT2D eigenvalue weighted by Gasteiger charge is -1.97. The lowest BCUT2D eigenvalue weighted by Crippen LogP contribution is -1.92. The molecule has 2 heterocycles. The van der Waals surface area contributed by atoms with E-state index in [0.717, 1.165) is 0 Å². The fraction of sp³-hybridized carbons (Fsp3) is 0.167. The zero-order chi connectivity index (χ0) is 11.7. The van der Waals surface area contributed by atoms with Gasteiger partial charge in [-0.25, -0.2) is 0 Å². The van der Waals surface area contributed by atoms with Gasteiger partial charge in [-0.1, -0.05) is 6.07 Å². The second-order valence-corrected chi connectivity index (χ2v) is 3.62. The molecular weight excluding hydrogens is 204 g/mol. The van der Waals surface area contributed by atoms with Gasteiger partial charge >= 0.3 is 0 Å². The van der Waals surface area contributed by atoms with Crippen LogP contribution in [-0.2, 0) is 0 Å². The highest BCUT2D eigenvalue weighted by Crippen LogP contribution is 2.32. The molecule has 2 N–H and O–H groups in total. The minimum absolute atomic E-state index is 0.0244.